The van der Waals surface area contributed by atoms with E-state index in [2.05, 4.69) is 4.74 Å². The molecule has 0 amide bonds. The number of rotatable bonds is 4. The fraction of sp³-hybridized carbons (Fsp3) is 0.500. The van der Waals surface area contributed by atoms with E-state index in [1.54, 1.807) is 0 Å². The van der Waals surface area contributed by atoms with Gasteiger partial charge in [0, 0.05) is 13.5 Å². The number of carbonyl (C=O) groups is 1. The topological polar surface area (TPSA) is 59.0 Å². The van der Waals surface area contributed by atoms with Crippen LogP contribution < -0.4 is 9.64 Å². The lowest BCUT2D eigenvalue weighted by atomic mass is 9.99. The van der Waals surface area contributed by atoms with Crippen LogP contribution in [0.2, 0.25) is 0 Å². The predicted molar refractivity (Wildman–Crippen MR) is 72.1 cm³/mol. The predicted octanol–water partition coefficient (Wildman–Crippen LogP) is 2.58. The minimum atomic E-state index is -4.85. The fourth-order valence-corrected chi connectivity index (χ4v) is 2.76. The number of anilines is 1. The number of alkyl halides is 3. The van der Waals surface area contributed by atoms with Crippen LogP contribution in [0.3, 0.4) is 0 Å². The minimum absolute atomic E-state index is 0.299. The summed E-state index contributed by atoms with van der Waals surface area (Å²) in [6.07, 6.45) is -5.75. The summed E-state index contributed by atoms with van der Waals surface area (Å²) >= 11 is 0. The average molecular weight is 355 g/mol. The maximum Gasteiger partial charge on any atom is 0.419 e. The van der Waals surface area contributed by atoms with E-state index < -0.39 is 54.1 Å². The molecule has 1 aliphatic heterocycles. The number of halogens is 5. The highest BCUT2D eigenvalue weighted by molar-refractivity contribution is 5.81. The molecule has 134 valence electrons. The molecule has 0 saturated carbocycles. The van der Waals surface area contributed by atoms with Crippen LogP contribution in [0.15, 0.2) is 12.1 Å². The number of nitrogens with zero attached hydrogens (tertiary/aromatic N) is 1. The second-order valence-electron chi connectivity index (χ2n) is 5.30. The molecule has 10 heteroatoms. The van der Waals surface area contributed by atoms with Crippen molar-refractivity contribution in [1.82, 2.24) is 0 Å². The Bertz CT molecular complexity index is 651. The standard InChI is InChI=1S/C14H14F5NO4/c1-23-11-8(4-3-7(15)10(11)16)20-6-13(24-2,14(17,18)19)5-9(20)12(21)22/h3-4,9H,5-6H2,1-2H3,(H,21,22). The molecular formula is C14H14F5NO4. The Hall–Kier alpha value is -2.10. The van der Waals surface area contributed by atoms with Gasteiger partial charge in [-0.1, -0.05) is 0 Å². The number of ether oxygens (including phenoxy) is 2. The Balaban J connectivity index is 2.57. The zero-order valence-electron chi connectivity index (χ0n) is 12.7. The average Bonchev–Trinajstić information content (AvgIpc) is 2.91. The molecule has 1 fully saturated rings. The van der Waals surface area contributed by atoms with Gasteiger partial charge in [0.1, 0.15) is 6.04 Å². The van der Waals surface area contributed by atoms with Crippen molar-refractivity contribution >= 4 is 11.7 Å². The minimum Gasteiger partial charge on any atom is -0.491 e. The summed E-state index contributed by atoms with van der Waals surface area (Å²) in [5.41, 5.74) is -3.04. The molecule has 0 bridgehead atoms. The fourth-order valence-electron chi connectivity index (χ4n) is 2.76. The van der Waals surface area contributed by atoms with Gasteiger partial charge < -0.3 is 19.5 Å². The summed E-state index contributed by atoms with van der Waals surface area (Å²) < 4.78 is 76.5. The van der Waals surface area contributed by atoms with E-state index in [-0.39, 0.29) is 5.69 Å². The van der Waals surface area contributed by atoms with Crippen LogP contribution in [0.25, 0.3) is 0 Å². The van der Waals surface area contributed by atoms with Gasteiger partial charge in [0.2, 0.25) is 5.82 Å². The maximum atomic E-state index is 13.8. The second kappa shape index (κ2) is 6.08. The largest absolute Gasteiger partial charge is 0.491 e. The van der Waals surface area contributed by atoms with Crippen LogP contribution >= 0.6 is 0 Å². The third-order valence-corrected chi connectivity index (χ3v) is 4.06. The number of methoxy groups -OCH3 is 2. The number of hydrogen-bond donors (Lipinski definition) is 1. The van der Waals surface area contributed by atoms with E-state index in [1.165, 1.54) is 0 Å². The lowest BCUT2D eigenvalue weighted by Gasteiger charge is -2.30. The van der Waals surface area contributed by atoms with Gasteiger partial charge >= 0.3 is 12.1 Å². The van der Waals surface area contributed by atoms with Gasteiger partial charge in [-0.3, -0.25) is 0 Å². The molecule has 1 aromatic carbocycles. The third kappa shape index (κ3) is 2.74. The molecule has 5 nitrogen and oxygen atoms in total. The van der Waals surface area contributed by atoms with E-state index in [0.717, 1.165) is 25.2 Å². The number of hydrogen-bond acceptors (Lipinski definition) is 4. The van der Waals surface area contributed by atoms with Crippen molar-refractivity contribution in [2.24, 2.45) is 0 Å². The Labute approximate surface area is 133 Å². The molecule has 0 aromatic heterocycles. The number of carboxylic acids is 1. The Kier molecular flexibility index (Phi) is 4.62. The van der Waals surface area contributed by atoms with Crippen LogP contribution in [0.4, 0.5) is 27.6 Å². The molecule has 1 aliphatic rings. The van der Waals surface area contributed by atoms with Crippen molar-refractivity contribution in [1.29, 1.82) is 0 Å². The maximum absolute atomic E-state index is 13.8. The van der Waals surface area contributed by atoms with Crippen LogP contribution in [-0.2, 0) is 9.53 Å². The first-order chi connectivity index (χ1) is 11.1. The third-order valence-electron chi connectivity index (χ3n) is 4.06. The summed E-state index contributed by atoms with van der Waals surface area (Å²) in [7, 11) is 1.82. The van der Waals surface area contributed by atoms with Crippen LogP contribution in [0.1, 0.15) is 6.42 Å². The molecule has 2 rings (SSSR count). The summed E-state index contributed by atoms with van der Waals surface area (Å²) in [6.45, 7) is -0.897. The Morgan fingerprint density at radius 1 is 1.33 bits per heavy atom. The van der Waals surface area contributed by atoms with Crippen molar-refractivity contribution in [3.63, 3.8) is 0 Å². The zero-order chi connectivity index (χ0) is 18.3. The first-order valence-corrected chi connectivity index (χ1v) is 6.71. The molecule has 24 heavy (non-hydrogen) atoms. The summed E-state index contributed by atoms with van der Waals surface area (Å²) in [5.74, 6) is -4.91. The first kappa shape index (κ1) is 18.2. The molecule has 0 radical (unpaired) electrons. The van der Waals surface area contributed by atoms with E-state index in [1.807, 2.05) is 0 Å². The van der Waals surface area contributed by atoms with E-state index in [9.17, 15) is 31.9 Å². The van der Waals surface area contributed by atoms with Crippen molar-refractivity contribution in [3.8, 4) is 5.75 Å². The van der Waals surface area contributed by atoms with Crippen molar-refractivity contribution in [2.45, 2.75) is 24.2 Å². The monoisotopic (exact) mass is 355 g/mol. The van der Waals surface area contributed by atoms with Crippen LogP contribution in [-0.4, -0.2) is 49.7 Å². The normalized spacial score (nSPS) is 24.3. The molecule has 1 saturated heterocycles. The number of aliphatic carboxylic acids is 1. The zero-order valence-corrected chi connectivity index (χ0v) is 12.7. The number of benzene rings is 1. The smallest absolute Gasteiger partial charge is 0.419 e. The molecule has 0 aliphatic carbocycles. The van der Waals surface area contributed by atoms with E-state index in [4.69, 9.17) is 4.74 Å². The summed E-state index contributed by atoms with van der Waals surface area (Å²) in [4.78, 5) is 12.2. The Morgan fingerprint density at radius 2 is 1.96 bits per heavy atom. The van der Waals surface area contributed by atoms with Crippen molar-refractivity contribution in [2.75, 3.05) is 25.7 Å². The summed E-state index contributed by atoms with van der Waals surface area (Å²) in [6, 6.07) is 0.00672. The van der Waals surface area contributed by atoms with Crippen LogP contribution in [0, 0.1) is 11.6 Å². The van der Waals surface area contributed by atoms with Crippen molar-refractivity contribution < 1.29 is 41.3 Å². The van der Waals surface area contributed by atoms with Gasteiger partial charge in [0.15, 0.2) is 17.2 Å². The highest BCUT2D eigenvalue weighted by Gasteiger charge is 2.63. The van der Waals surface area contributed by atoms with Gasteiger partial charge in [0.05, 0.1) is 19.3 Å². The second-order valence-corrected chi connectivity index (χ2v) is 5.30. The van der Waals surface area contributed by atoms with Gasteiger partial charge in [-0.05, 0) is 12.1 Å². The van der Waals surface area contributed by atoms with Crippen molar-refractivity contribution in [3.05, 3.63) is 23.8 Å². The molecule has 2 atom stereocenters. The summed E-state index contributed by atoms with van der Waals surface area (Å²) in [5, 5.41) is 9.25. The lowest BCUT2D eigenvalue weighted by molar-refractivity contribution is -0.261. The highest BCUT2D eigenvalue weighted by Crippen LogP contribution is 2.46. The van der Waals surface area contributed by atoms with E-state index in [0.29, 0.717) is 6.07 Å². The molecule has 2 unspecified atom stereocenters. The molecule has 1 aromatic rings. The number of carboxylic acid groups (broad SMARTS) is 1. The molecule has 1 heterocycles. The van der Waals surface area contributed by atoms with Crippen LogP contribution in [0.5, 0.6) is 5.75 Å². The van der Waals surface area contributed by atoms with Gasteiger partial charge in [-0.25, -0.2) is 9.18 Å². The first-order valence-electron chi connectivity index (χ1n) is 6.71. The molecule has 1 N–H and O–H groups in total. The van der Waals surface area contributed by atoms with Gasteiger partial charge in [-0.15, -0.1) is 0 Å². The molecular weight excluding hydrogens is 341 g/mol. The highest BCUT2D eigenvalue weighted by atomic mass is 19.4. The van der Waals surface area contributed by atoms with Gasteiger partial charge in [0.25, 0.3) is 0 Å². The quantitative estimate of drug-likeness (QED) is 0.842. The van der Waals surface area contributed by atoms with E-state index >= 15 is 0 Å². The SMILES string of the molecule is COc1c(N2CC(OC)(C(F)(F)F)CC2C(=O)O)ccc(F)c1F. The van der Waals surface area contributed by atoms with Gasteiger partial charge in [-0.2, -0.15) is 17.6 Å². The Morgan fingerprint density at radius 3 is 2.42 bits per heavy atom. The lowest BCUT2D eigenvalue weighted by Crippen LogP contribution is -2.49. The molecule has 0 spiro atoms.